The van der Waals surface area contributed by atoms with Crippen LogP contribution in [-0.4, -0.2) is 17.1 Å². The standard InChI is InChI=1S/C22H20N2O3/c1-25-21-13-23-18(15-26-14-16-7-3-2-4-8-16)12-20(21)27-22-11-17-9-5-6-10-19(17)24-22/h2-13,24H,14-15H2,1H3. The molecule has 0 spiro atoms. The molecule has 0 fully saturated rings. The van der Waals surface area contributed by atoms with Gasteiger partial charge in [-0.05, 0) is 11.6 Å². The van der Waals surface area contributed by atoms with Gasteiger partial charge in [0.15, 0.2) is 17.4 Å². The maximum absolute atomic E-state index is 6.01. The summed E-state index contributed by atoms with van der Waals surface area (Å²) in [5.74, 6) is 1.81. The molecule has 0 aliphatic heterocycles. The molecule has 0 saturated heterocycles. The SMILES string of the molecule is COc1cnc(COCc2ccccc2)cc1Oc1cc2ccccc2[nH]1. The Morgan fingerprint density at radius 2 is 1.70 bits per heavy atom. The Balaban J connectivity index is 1.48. The minimum absolute atomic E-state index is 0.391. The second-order valence-electron chi connectivity index (χ2n) is 6.13. The number of hydrogen-bond donors (Lipinski definition) is 1. The van der Waals surface area contributed by atoms with Crippen LogP contribution in [0.3, 0.4) is 0 Å². The Kier molecular flexibility index (Phi) is 5.03. The molecule has 0 unspecified atom stereocenters. The van der Waals surface area contributed by atoms with Gasteiger partial charge in [0.2, 0.25) is 0 Å². The number of ether oxygens (including phenoxy) is 3. The van der Waals surface area contributed by atoms with E-state index in [0.717, 1.165) is 22.2 Å². The quantitative estimate of drug-likeness (QED) is 0.499. The third-order valence-corrected chi connectivity index (χ3v) is 4.19. The zero-order chi connectivity index (χ0) is 18.5. The molecule has 0 aliphatic rings. The van der Waals surface area contributed by atoms with Crippen LogP contribution >= 0.6 is 0 Å². The van der Waals surface area contributed by atoms with Gasteiger partial charge in [0.25, 0.3) is 0 Å². The number of para-hydroxylation sites is 1. The summed E-state index contributed by atoms with van der Waals surface area (Å²) in [4.78, 5) is 7.64. The number of H-pyrrole nitrogens is 1. The van der Waals surface area contributed by atoms with E-state index < -0.39 is 0 Å². The minimum Gasteiger partial charge on any atom is -0.491 e. The van der Waals surface area contributed by atoms with Crippen molar-refractivity contribution in [3.63, 3.8) is 0 Å². The van der Waals surface area contributed by atoms with E-state index in [-0.39, 0.29) is 0 Å². The lowest BCUT2D eigenvalue weighted by atomic mass is 10.2. The molecule has 0 saturated carbocycles. The Morgan fingerprint density at radius 1 is 0.889 bits per heavy atom. The highest BCUT2D eigenvalue weighted by Crippen LogP contribution is 2.32. The predicted molar refractivity (Wildman–Crippen MR) is 104 cm³/mol. The monoisotopic (exact) mass is 360 g/mol. The van der Waals surface area contributed by atoms with E-state index in [0.29, 0.717) is 30.6 Å². The number of pyridine rings is 1. The van der Waals surface area contributed by atoms with Crippen LogP contribution in [0, 0.1) is 0 Å². The maximum atomic E-state index is 6.01. The van der Waals surface area contributed by atoms with E-state index in [4.69, 9.17) is 14.2 Å². The van der Waals surface area contributed by atoms with Gasteiger partial charge in [-0.1, -0.05) is 48.5 Å². The average Bonchev–Trinajstić information content (AvgIpc) is 3.11. The first kappa shape index (κ1) is 17.1. The van der Waals surface area contributed by atoms with E-state index >= 15 is 0 Å². The van der Waals surface area contributed by atoms with Crippen LogP contribution in [0.5, 0.6) is 17.4 Å². The van der Waals surface area contributed by atoms with Crippen molar-refractivity contribution < 1.29 is 14.2 Å². The lowest BCUT2D eigenvalue weighted by Crippen LogP contribution is -1.99. The average molecular weight is 360 g/mol. The fraction of sp³-hybridized carbons (Fsp3) is 0.136. The van der Waals surface area contributed by atoms with Crippen molar-refractivity contribution in [3.8, 4) is 17.4 Å². The number of nitrogens with one attached hydrogen (secondary N) is 1. The van der Waals surface area contributed by atoms with Crippen LogP contribution in [0.1, 0.15) is 11.3 Å². The summed E-state index contributed by atoms with van der Waals surface area (Å²) < 4.78 is 17.2. The van der Waals surface area contributed by atoms with Gasteiger partial charge < -0.3 is 19.2 Å². The summed E-state index contributed by atoms with van der Waals surface area (Å²) in [6.07, 6.45) is 1.65. The summed E-state index contributed by atoms with van der Waals surface area (Å²) in [7, 11) is 1.60. The van der Waals surface area contributed by atoms with Gasteiger partial charge in [-0.2, -0.15) is 0 Å². The minimum atomic E-state index is 0.391. The Morgan fingerprint density at radius 3 is 2.52 bits per heavy atom. The van der Waals surface area contributed by atoms with Gasteiger partial charge in [0, 0.05) is 23.0 Å². The molecule has 4 aromatic rings. The van der Waals surface area contributed by atoms with Crippen LogP contribution < -0.4 is 9.47 Å². The molecule has 0 bridgehead atoms. The number of aromatic amines is 1. The lowest BCUT2D eigenvalue weighted by Gasteiger charge is -2.11. The van der Waals surface area contributed by atoms with E-state index in [1.807, 2.05) is 66.7 Å². The van der Waals surface area contributed by atoms with Gasteiger partial charge in [-0.3, -0.25) is 4.98 Å². The second kappa shape index (κ2) is 7.93. The molecule has 1 N–H and O–H groups in total. The number of hydrogen-bond acceptors (Lipinski definition) is 4. The molecular weight excluding hydrogens is 340 g/mol. The molecule has 27 heavy (non-hydrogen) atoms. The van der Waals surface area contributed by atoms with Crippen molar-refractivity contribution in [2.75, 3.05) is 7.11 Å². The van der Waals surface area contributed by atoms with Crippen molar-refractivity contribution >= 4 is 10.9 Å². The van der Waals surface area contributed by atoms with Crippen LogP contribution in [0.25, 0.3) is 10.9 Å². The molecule has 0 atom stereocenters. The second-order valence-corrected chi connectivity index (χ2v) is 6.13. The number of fused-ring (bicyclic) bond motifs is 1. The van der Waals surface area contributed by atoms with Crippen molar-refractivity contribution in [2.24, 2.45) is 0 Å². The molecule has 4 rings (SSSR count). The van der Waals surface area contributed by atoms with Crippen molar-refractivity contribution in [1.29, 1.82) is 0 Å². The Hall–Kier alpha value is -3.31. The van der Waals surface area contributed by atoms with Crippen molar-refractivity contribution in [3.05, 3.63) is 84.2 Å². The topological polar surface area (TPSA) is 56.4 Å². The zero-order valence-corrected chi connectivity index (χ0v) is 15.0. The summed E-state index contributed by atoms with van der Waals surface area (Å²) in [6.45, 7) is 0.925. The number of rotatable bonds is 7. The van der Waals surface area contributed by atoms with Crippen molar-refractivity contribution in [2.45, 2.75) is 13.2 Å². The fourth-order valence-corrected chi connectivity index (χ4v) is 2.84. The molecule has 2 aromatic carbocycles. The highest BCUT2D eigenvalue weighted by molar-refractivity contribution is 5.81. The van der Waals surface area contributed by atoms with Crippen LogP contribution in [0.15, 0.2) is 72.9 Å². The lowest BCUT2D eigenvalue weighted by molar-refractivity contribution is 0.104. The third kappa shape index (κ3) is 4.10. The molecule has 2 heterocycles. The molecule has 136 valence electrons. The number of methoxy groups -OCH3 is 1. The molecule has 0 amide bonds. The first-order valence-electron chi connectivity index (χ1n) is 8.72. The summed E-state index contributed by atoms with van der Waals surface area (Å²) in [5, 5.41) is 1.09. The Labute approximate surface area is 157 Å². The van der Waals surface area contributed by atoms with E-state index in [2.05, 4.69) is 9.97 Å². The first-order valence-corrected chi connectivity index (χ1v) is 8.72. The smallest absolute Gasteiger partial charge is 0.198 e. The van der Waals surface area contributed by atoms with Gasteiger partial charge in [-0.25, -0.2) is 0 Å². The Bertz CT molecular complexity index is 995. The van der Waals surface area contributed by atoms with E-state index in [1.165, 1.54) is 0 Å². The van der Waals surface area contributed by atoms with Crippen LogP contribution in [0.4, 0.5) is 0 Å². The molecular formula is C22H20N2O3. The predicted octanol–water partition coefficient (Wildman–Crippen LogP) is 5.08. The summed E-state index contributed by atoms with van der Waals surface area (Å²) in [5.41, 5.74) is 2.92. The zero-order valence-electron chi connectivity index (χ0n) is 15.0. The van der Waals surface area contributed by atoms with Gasteiger partial charge in [0.1, 0.15) is 0 Å². The van der Waals surface area contributed by atoms with Crippen LogP contribution in [0.2, 0.25) is 0 Å². The van der Waals surface area contributed by atoms with E-state index in [1.54, 1.807) is 13.3 Å². The van der Waals surface area contributed by atoms with Gasteiger partial charge in [-0.15, -0.1) is 0 Å². The number of benzene rings is 2. The summed E-state index contributed by atoms with van der Waals surface area (Å²) in [6, 6.07) is 21.9. The number of aromatic nitrogens is 2. The van der Waals surface area contributed by atoms with Crippen molar-refractivity contribution in [1.82, 2.24) is 9.97 Å². The highest BCUT2D eigenvalue weighted by atomic mass is 16.5. The largest absolute Gasteiger partial charge is 0.491 e. The van der Waals surface area contributed by atoms with Crippen LogP contribution in [-0.2, 0) is 18.0 Å². The normalized spacial score (nSPS) is 10.9. The van der Waals surface area contributed by atoms with E-state index in [9.17, 15) is 0 Å². The molecule has 5 nitrogen and oxygen atoms in total. The molecule has 5 heteroatoms. The fourth-order valence-electron chi connectivity index (χ4n) is 2.84. The molecule has 2 aromatic heterocycles. The first-order chi connectivity index (χ1) is 13.3. The number of nitrogens with zero attached hydrogens (tertiary/aromatic N) is 1. The molecule has 0 radical (unpaired) electrons. The van der Waals surface area contributed by atoms with Gasteiger partial charge in [0.05, 0.1) is 32.2 Å². The summed E-state index contributed by atoms with van der Waals surface area (Å²) >= 11 is 0. The maximum Gasteiger partial charge on any atom is 0.198 e. The third-order valence-electron chi connectivity index (χ3n) is 4.19. The molecule has 0 aliphatic carbocycles. The highest BCUT2D eigenvalue weighted by Gasteiger charge is 2.10. The van der Waals surface area contributed by atoms with Gasteiger partial charge >= 0.3 is 0 Å².